The number of nitrogens with zero attached hydrogens (tertiary/aromatic N) is 3. The molecule has 2 aliphatic rings. The van der Waals surface area contributed by atoms with E-state index in [1.807, 2.05) is 0 Å². The molecule has 2 aromatic heterocycles. The molecule has 0 unspecified atom stereocenters. The van der Waals surface area contributed by atoms with E-state index in [0.29, 0.717) is 29.3 Å². The van der Waals surface area contributed by atoms with Gasteiger partial charge in [0.25, 0.3) is 11.6 Å². The van der Waals surface area contributed by atoms with Crippen molar-refractivity contribution in [3.05, 3.63) is 63.6 Å². The minimum Gasteiger partial charge on any atom is -0.466 e. The first-order valence-electron chi connectivity index (χ1n) is 18.3. The summed E-state index contributed by atoms with van der Waals surface area (Å²) in [6, 6.07) is 6.08. The molecule has 52 heavy (non-hydrogen) atoms. The number of pyridine rings is 1. The van der Waals surface area contributed by atoms with Gasteiger partial charge in [-0.3, -0.25) is 24.5 Å². The smallest absolute Gasteiger partial charge is 0.310 e. The number of carbonyl (C=O) groups is 1. The van der Waals surface area contributed by atoms with Gasteiger partial charge in [-0.15, -0.1) is 5.54 Å². The summed E-state index contributed by atoms with van der Waals surface area (Å²) in [5.74, 6) is 1.30. The summed E-state index contributed by atoms with van der Waals surface area (Å²) in [5.41, 5.74) is 3.67. The monoisotopic (exact) mass is 732 g/mol. The van der Waals surface area contributed by atoms with Crippen molar-refractivity contribution in [2.24, 2.45) is 0 Å². The van der Waals surface area contributed by atoms with Crippen LogP contribution in [0.25, 0.3) is 32.9 Å². The van der Waals surface area contributed by atoms with Gasteiger partial charge in [-0.2, -0.15) is 4.98 Å². The van der Waals surface area contributed by atoms with Crippen LogP contribution in [0.4, 0.5) is 13.2 Å². The molecule has 2 atom stereocenters. The summed E-state index contributed by atoms with van der Waals surface area (Å²) in [6.07, 6.45) is 2.14. The Morgan fingerprint density at radius 3 is 2.56 bits per heavy atom. The Bertz CT molecular complexity index is 2120. The Kier molecular flexibility index (Phi) is 10.6. The molecule has 0 spiro atoms. The zero-order chi connectivity index (χ0) is 37.5. The van der Waals surface area contributed by atoms with E-state index in [9.17, 15) is 14.0 Å². The average Bonchev–Trinajstić information content (AvgIpc) is 3.60. The van der Waals surface area contributed by atoms with Gasteiger partial charge in [0.05, 0.1) is 29.5 Å². The molecule has 8 nitrogen and oxygen atoms in total. The Morgan fingerprint density at radius 2 is 1.87 bits per heavy atom. The number of H-pyrrole nitrogens is 1. The van der Waals surface area contributed by atoms with Crippen LogP contribution in [0.1, 0.15) is 78.9 Å². The number of carbonyl (C=O) groups excluding carboxylic acids is 1. The van der Waals surface area contributed by atoms with Gasteiger partial charge in [-0.1, -0.05) is 59.6 Å². The molecule has 4 heterocycles. The van der Waals surface area contributed by atoms with Crippen LogP contribution in [-0.2, 0) is 16.0 Å². The van der Waals surface area contributed by atoms with Crippen LogP contribution in [-0.4, -0.2) is 71.9 Å². The maximum atomic E-state index is 16.9. The number of halogens is 3. The number of aromatic amines is 1. The quantitative estimate of drug-likeness (QED) is 0.100. The van der Waals surface area contributed by atoms with Gasteiger partial charge in [0, 0.05) is 30.1 Å². The lowest BCUT2D eigenvalue weighted by Crippen LogP contribution is -2.43. The Hall–Kier alpha value is -4.21. The molecule has 6 rings (SSSR count). The standard InChI is InChI=1S/C40H47F3N4O4Si/c1-8-50-33(48)18-26-16-27-10-11-32(42)29(12-15-52(23(2)3,24(4)5)25(6)7)34(27)30(17-26)36-35(43)37-31(20-44-36)38(49)46-39(45-37)51-22-40-13-9-14-47(40)21-28(41)19-40/h10-11,16-17,20,23-25,28H,8-9,13-14,18-19,21-22H2,1-7H3,(H,45,46,49)/t28-,40+/m1/s1. The van der Waals surface area contributed by atoms with Crippen molar-refractivity contribution < 1.29 is 27.4 Å². The molecule has 2 aliphatic heterocycles. The van der Waals surface area contributed by atoms with Gasteiger partial charge in [0.2, 0.25) is 0 Å². The first-order chi connectivity index (χ1) is 24.7. The summed E-state index contributed by atoms with van der Waals surface area (Å²) >= 11 is 0. The van der Waals surface area contributed by atoms with Crippen molar-refractivity contribution >= 4 is 35.7 Å². The summed E-state index contributed by atoms with van der Waals surface area (Å²) in [5, 5.41) is 0.785. The highest BCUT2D eigenvalue weighted by molar-refractivity contribution is 6.90. The van der Waals surface area contributed by atoms with Crippen LogP contribution >= 0.6 is 0 Å². The summed E-state index contributed by atoms with van der Waals surface area (Å²) in [7, 11) is -2.31. The summed E-state index contributed by atoms with van der Waals surface area (Å²) in [6.45, 7) is 16.1. The van der Waals surface area contributed by atoms with Crippen molar-refractivity contribution in [1.82, 2.24) is 19.9 Å². The van der Waals surface area contributed by atoms with E-state index in [2.05, 4.69) is 72.9 Å². The van der Waals surface area contributed by atoms with Gasteiger partial charge in [-0.05, 0) is 66.0 Å². The van der Waals surface area contributed by atoms with Crippen LogP contribution in [0.15, 0.2) is 35.3 Å². The highest BCUT2D eigenvalue weighted by Crippen LogP contribution is 2.42. The van der Waals surface area contributed by atoms with Crippen LogP contribution in [0.3, 0.4) is 0 Å². The Balaban J connectivity index is 1.53. The molecule has 2 fully saturated rings. The number of rotatable bonds is 10. The highest BCUT2D eigenvalue weighted by atomic mass is 28.3. The third kappa shape index (κ3) is 6.73. The number of benzene rings is 2. The van der Waals surface area contributed by atoms with Gasteiger partial charge in [0.15, 0.2) is 5.82 Å². The van der Waals surface area contributed by atoms with Crippen molar-refractivity contribution in [2.45, 2.75) is 102 Å². The summed E-state index contributed by atoms with van der Waals surface area (Å²) < 4.78 is 58.4. The maximum absolute atomic E-state index is 16.9. The zero-order valence-corrected chi connectivity index (χ0v) is 32.0. The van der Waals surface area contributed by atoms with Crippen molar-refractivity contribution in [3.8, 4) is 28.7 Å². The SMILES string of the molecule is CCOC(=O)Cc1cc(-c2ncc3c(=O)[nH]c(OC[C@@]45CCCN4C[C@H](F)C5)nc3c2F)c2c(C#C[Si](C(C)C)(C(C)C)C(C)C)c(F)ccc2c1. The van der Waals surface area contributed by atoms with E-state index < -0.39 is 42.9 Å². The second kappa shape index (κ2) is 14.7. The number of aromatic nitrogens is 3. The molecule has 2 saturated heterocycles. The van der Waals surface area contributed by atoms with E-state index in [4.69, 9.17) is 9.47 Å². The number of esters is 1. The number of hydrogen-bond acceptors (Lipinski definition) is 7. The van der Waals surface area contributed by atoms with E-state index >= 15 is 8.78 Å². The molecular weight excluding hydrogens is 686 g/mol. The maximum Gasteiger partial charge on any atom is 0.310 e. The van der Waals surface area contributed by atoms with Crippen LogP contribution in [0, 0.1) is 23.1 Å². The van der Waals surface area contributed by atoms with Crippen LogP contribution < -0.4 is 10.3 Å². The fraction of sp³-hybridized carbons (Fsp3) is 0.500. The van der Waals surface area contributed by atoms with E-state index in [1.165, 1.54) is 12.3 Å². The van der Waals surface area contributed by atoms with E-state index in [-0.39, 0.29) is 70.0 Å². The zero-order valence-electron chi connectivity index (χ0n) is 31.0. The molecule has 1 N–H and O–H groups in total. The number of nitrogens with one attached hydrogen (secondary N) is 1. The fourth-order valence-corrected chi connectivity index (χ4v) is 14.1. The first kappa shape index (κ1) is 37.5. The van der Waals surface area contributed by atoms with Crippen LogP contribution in [0.5, 0.6) is 6.01 Å². The molecular formula is C40H47F3N4O4Si. The topological polar surface area (TPSA) is 97.4 Å². The van der Waals surface area contributed by atoms with Crippen molar-refractivity contribution in [2.75, 3.05) is 26.3 Å². The highest BCUT2D eigenvalue weighted by Gasteiger charge is 2.49. The molecule has 0 radical (unpaired) electrons. The molecule has 0 aliphatic carbocycles. The Morgan fingerprint density at radius 1 is 1.13 bits per heavy atom. The number of alkyl halides is 1. The lowest BCUT2D eigenvalue weighted by atomic mass is 9.93. The molecule has 0 amide bonds. The minimum atomic E-state index is -2.31. The van der Waals surface area contributed by atoms with Gasteiger partial charge in [0.1, 0.15) is 37.9 Å². The fourth-order valence-electron chi connectivity index (χ4n) is 8.85. The summed E-state index contributed by atoms with van der Waals surface area (Å²) in [4.78, 5) is 39.2. The predicted octanol–water partition coefficient (Wildman–Crippen LogP) is 8.05. The molecule has 4 aromatic rings. The molecule has 276 valence electrons. The second-order valence-electron chi connectivity index (χ2n) is 15.2. The minimum absolute atomic E-state index is 0.0945. The van der Waals surface area contributed by atoms with E-state index in [0.717, 1.165) is 19.4 Å². The third-order valence-corrected chi connectivity index (χ3v) is 17.5. The Labute approximate surface area is 303 Å². The largest absolute Gasteiger partial charge is 0.466 e. The molecule has 0 bridgehead atoms. The second-order valence-corrected chi connectivity index (χ2v) is 20.8. The van der Waals surface area contributed by atoms with Gasteiger partial charge in [-0.25, -0.2) is 13.2 Å². The number of ether oxygens (including phenoxy) is 2. The average molecular weight is 733 g/mol. The van der Waals surface area contributed by atoms with E-state index in [1.54, 1.807) is 25.1 Å². The van der Waals surface area contributed by atoms with Gasteiger partial charge >= 0.3 is 5.97 Å². The van der Waals surface area contributed by atoms with Crippen molar-refractivity contribution in [1.29, 1.82) is 0 Å². The third-order valence-electron chi connectivity index (χ3n) is 11.2. The first-order valence-corrected chi connectivity index (χ1v) is 20.5. The molecule has 0 saturated carbocycles. The van der Waals surface area contributed by atoms with Gasteiger partial charge < -0.3 is 9.47 Å². The predicted molar refractivity (Wildman–Crippen MR) is 200 cm³/mol. The lowest BCUT2D eigenvalue weighted by molar-refractivity contribution is -0.142. The normalized spacial score (nSPS) is 19.1. The van der Waals surface area contributed by atoms with Crippen molar-refractivity contribution in [3.63, 3.8) is 0 Å². The lowest BCUT2D eigenvalue weighted by Gasteiger charge is -2.38. The molecule has 2 aromatic carbocycles. The van der Waals surface area contributed by atoms with Crippen LogP contribution in [0.2, 0.25) is 16.6 Å². The number of hydrogen-bond donors (Lipinski definition) is 1. The molecule has 12 heteroatoms. The number of fused-ring (bicyclic) bond motifs is 3.